The molecule has 1 aromatic carbocycles. The molecule has 2 N–H and O–H groups in total. The fraction of sp³-hybridized carbons (Fsp3) is 0.625. The Hall–Kier alpha value is -1.26. The van der Waals surface area contributed by atoms with Crippen LogP contribution >= 0.6 is 0 Å². The summed E-state index contributed by atoms with van der Waals surface area (Å²) in [7, 11) is 5.56. The molecule has 0 radical (unpaired) electrons. The average Bonchev–Trinajstić information content (AvgIpc) is 3.02. The maximum atomic E-state index is 6.05. The van der Waals surface area contributed by atoms with Crippen molar-refractivity contribution in [2.75, 3.05) is 27.8 Å². The summed E-state index contributed by atoms with van der Waals surface area (Å²) < 4.78 is 10.8. The Kier molecular flexibility index (Phi) is 5.26. The van der Waals surface area contributed by atoms with E-state index in [-0.39, 0.29) is 6.04 Å². The maximum absolute atomic E-state index is 6.05. The number of hydrogen-bond acceptors (Lipinski definition) is 4. The lowest BCUT2D eigenvalue weighted by Gasteiger charge is -2.33. The SMILES string of the molecule is COc1ccc(OC)c(C(CN)N(C)C2CCCC2)c1. The van der Waals surface area contributed by atoms with E-state index in [1.807, 2.05) is 18.2 Å². The van der Waals surface area contributed by atoms with Crippen LogP contribution in [0.1, 0.15) is 37.3 Å². The second-order valence-corrected chi connectivity index (χ2v) is 5.46. The first-order chi connectivity index (χ1) is 9.71. The molecular formula is C16H26N2O2. The van der Waals surface area contributed by atoms with Gasteiger partial charge >= 0.3 is 0 Å². The zero-order chi connectivity index (χ0) is 14.5. The second-order valence-electron chi connectivity index (χ2n) is 5.46. The van der Waals surface area contributed by atoms with Crippen molar-refractivity contribution in [3.05, 3.63) is 23.8 Å². The molecule has 112 valence electrons. The Morgan fingerprint density at radius 2 is 1.95 bits per heavy atom. The van der Waals surface area contributed by atoms with Crippen molar-refractivity contribution in [2.45, 2.75) is 37.8 Å². The highest BCUT2D eigenvalue weighted by molar-refractivity contribution is 5.42. The molecule has 20 heavy (non-hydrogen) atoms. The second kappa shape index (κ2) is 6.95. The topological polar surface area (TPSA) is 47.7 Å². The van der Waals surface area contributed by atoms with Crippen LogP contribution in [0.2, 0.25) is 0 Å². The summed E-state index contributed by atoms with van der Waals surface area (Å²) in [5.74, 6) is 1.73. The van der Waals surface area contributed by atoms with Crippen molar-refractivity contribution >= 4 is 0 Å². The van der Waals surface area contributed by atoms with Crippen molar-refractivity contribution in [2.24, 2.45) is 5.73 Å². The Balaban J connectivity index is 2.29. The van der Waals surface area contributed by atoms with E-state index in [0.29, 0.717) is 12.6 Å². The van der Waals surface area contributed by atoms with Gasteiger partial charge in [-0.2, -0.15) is 0 Å². The molecule has 0 amide bonds. The van der Waals surface area contributed by atoms with Crippen molar-refractivity contribution in [3.63, 3.8) is 0 Å². The van der Waals surface area contributed by atoms with Crippen LogP contribution in [0.25, 0.3) is 0 Å². The van der Waals surface area contributed by atoms with Crippen LogP contribution in [0.3, 0.4) is 0 Å². The minimum absolute atomic E-state index is 0.170. The van der Waals surface area contributed by atoms with Gasteiger partial charge in [-0.25, -0.2) is 0 Å². The summed E-state index contributed by atoms with van der Waals surface area (Å²) in [6, 6.07) is 6.72. The van der Waals surface area contributed by atoms with Crippen molar-refractivity contribution in [3.8, 4) is 11.5 Å². The van der Waals surface area contributed by atoms with E-state index in [2.05, 4.69) is 11.9 Å². The van der Waals surface area contributed by atoms with Crippen LogP contribution in [0.5, 0.6) is 11.5 Å². The molecule has 0 aliphatic heterocycles. The molecule has 1 aliphatic rings. The van der Waals surface area contributed by atoms with E-state index in [1.165, 1.54) is 25.7 Å². The van der Waals surface area contributed by atoms with Gasteiger partial charge in [-0.3, -0.25) is 4.90 Å². The van der Waals surface area contributed by atoms with E-state index >= 15 is 0 Å². The Bertz CT molecular complexity index is 430. The summed E-state index contributed by atoms with van der Waals surface area (Å²) in [6.45, 7) is 0.580. The average molecular weight is 278 g/mol. The number of likely N-dealkylation sites (N-methyl/N-ethyl adjacent to an activating group) is 1. The van der Waals surface area contributed by atoms with E-state index in [9.17, 15) is 0 Å². The summed E-state index contributed by atoms with van der Waals surface area (Å²) in [4.78, 5) is 2.41. The van der Waals surface area contributed by atoms with Crippen molar-refractivity contribution < 1.29 is 9.47 Å². The number of nitrogens with zero attached hydrogens (tertiary/aromatic N) is 1. The molecule has 0 spiro atoms. The lowest BCUT2D eigenvalue weighted by molar-refractivity contribution is 0.176. The third-order valence-corrected chi connectivity index (χ3v) is 4.41. The zero-order valence-electron chi connectivity index (χ0n) is 12.8. The number of ether oxygens (including phenoxy) is 2. The first-order valence-electron chi connectivity index (χ1n) is 7.35. The van der Waals surface area contributed by atoms with Gasteiger partial charge in [0.05, 0.1) is 20.3 Å². The van der Waals surface area contributed by atoms with Gasteiger partial charge in [0.1, 0.15) is 11.5 Å². The zero-order valence-corrected chi connectivity index (χ0v) is 12.8. The minimum Gasteiger partial charge on any atom is -0.497 e. The summed E-state index contributed by atoms with van der Waals surface area (Å²) >= 11 is 0. The summed E-state index contributed by atoms with van der Waals surface area (Å²) in [5.41, 5.74) is 7.16. The van der Waals surface area contributed by atoms with E-state index in [0.717, 1.165) is 17.1 Å². The highest BCUT2D eigenvalue weighted by Gasteiger charge is 2.27. The smallest absolute Gasteiger partial charge is 0.123 e. The Morgan fingerprint density at radius 1 is 1.25 bits per heavy atom. The first-order valence-corrected chi connectivity index (χ1v) is 7.35. The first kappa shape index (κ1) is 15.1. The fourth-order valence-corrected chi connectivity index (χ4v) is 3.18. The van der Waals surface area contributed by atoms with Gasteiger partial charge in [0.25, 0.3) is 0 Å². The monoisotopic (exact) mass is 278 g/mol. The van der Waals surface area contributed by atoms with E-state index in [4.69, 9.17) is 15.2 Å². The van der Waals surface area contributed by atoms with Crippen molar-refractivity contribution in [1.82, 2.24) is 4.90 Å². The van der Waals surface area contributed by atoms with Crippen LogP contribution in [0.4, 0.5) is 0 Å². The number of rotatable bonds is 6. The molecule has 0 saturated heterocycles. The third kappa shape index (κ3) is 3.07. The maximum Gasteiger partial charge on any atom is 0.123 e. The Morgan fingerprint density at radius 3 is 2.50 bits per heavy atom. The van der Waals surface area contributed by atoms with Gasteiger partial charge < -0.3 is 15.2 Å². The molecule has 0 bridgehead atoms. The largest absolute Gasteiger partial charge is 0.497 e. The predicted molar refractivity (Wildman–Crippen MR) is 81.4 cm³/mol. The fourth-order valence-electron chi connectivity index (χ4n) is 3.18. The normalized spacial score (nSPS) is 17.4. The predicted octanol–water partition coefficient (Wildman–Crippen LogP) is 2.58. The van der Waals surface area contributed by atoms with Gasteiger partial charge in [-0.15, -0.1) is 0 Å². The van der Waals surface area contributed by atoms with E-state index < -0.39 is 0 Å². The molecule has 1 unspecified atom stereocenters. The number of hydrogen-bond donors (Lipinski definition) is 1. The number of methoxy groups -OCH3 is 2. The van der Waals surface area contributed by atoms with Gasteiger partial charge in [0, 0.05) is 18.2 Å². The molecule has 1 aliphatic carbocycles. The number of benzene rings is 1. The van der Waals surface area contributed by atoms with Gasteiger partial charge in [-0.05, 0) is 38.1 Å². The van der Waals surface area contributed by atoms with Gasteiger partial charge in [0.15, 0.2) is 0 Å². The van der Waals surface area contributed by atoms with Crippen LogP contribution in [0, 0.1) is 0 Å². The standard InChI is InChI=1S/C16H26N2O2/c1-18(12-6-4-5-7-12)15(11-17)14-10-13(19-2)8-9-16(14)20-3/h8-10,12,15H,4-7,11,17H2,1-3H3. The number of nitrogens with two attached hydrogens (primary N) is 1. The molecule has 4 heteroatoms. The van der Waals surface area contributed by atoms with Gasteiger partial charge in [-0.1, -0.05) is 12.8 Å². The van der Waals surface area contributed by atoms with Crippen molar-refractivity contribution in [1.29, 1.82) is 0 Å². The van der Waals surface area contributed by atoms with Crippen LogP contribution in [0.15, 0.2) is 18.2 Å². The molecular weight excluding hydrogens is 252 g/mol. The summed E-state index contributed by atoms with van der Waals surface area (Å²) in [6.07, 6.45) is 5.17. The summed E-state index contributed by atoms with van der Waals surface area (Å²) in [5, 5.41) is 0. The van der Waals surface area contributed by atoms with Gasteiger partial charge in [0.2, 0.25) is 0 Å². The highest BCUT2D eigenvalue weighted by atomic mass is 16.5. The molecule has 1 fully saturated rings. The lowest BCUT2D eigenvalue weighted by atomic mass is 10.0. The molecule has 1 aromatic rings. The molecule has 0 heterocycles. The molecule has 0 aromatic heterocycles. The molecule has 2 rings (SSSR count). The van der Waals surface area contributed by atoms with E-state index in [1.54, 1.807) is 14.2 Å². The van der Waals surface area contributed by atoms with Crippen LogP contribution < -0.4 is 15.2 Å². The highest BCUT2D eigenvalue weighted by Crippen LogP contribution is 2.35. The lowest BCUT2D eigenvalue weighted by Crippen LogP contribution is -2.37. The quantitative estimate of drug-likeness (QED) is 0.869. The molecule has 4 nitrogen and oxygen atoms in total. The van der Waals surface area contributed by atoms with Crippen LogP contribution in [-0.2, 0) is 0 Å². The molecule has 1 saturated carbocycles. The minimum atomic E-state index is 0.170. The third-order valence-electron chi connectivity index (χ3n) is 4.41. The molecule has 1 atom stereocenters. The Labute approximate surface area is 121 Å². The van der Waals surface area contributed by atoms with Crippen LogP contribution in [-0.4, -0.2) is 38.8 Å².